The van der Waals surface area contributed by atoms with Gasteiger partial charge >= 0.3 is 0 Å². The number of nitrogens with one attached hydrogen (secondary N) is 1. The fourth-order valence-electron chi connectivity index (χ4n) is 2.82. The van der Waals surface area contributed by atoms with Gasteiger partial charge < -0.3 is 9.80 Å². The minimum absolute atomic E-state index is 0.245. The molecule has 2 heterocycles. The maximum atomic E-state index is 5.79. The van der Waals surface area contributed by atoms with Crippen molar-refractivity contribution in [3.63, 3.8) is 0 Å². The van der Waals surface area contributed by atoms with Gasteiger partial charge in [0.2, 0.25) is 0 Å². The van der Waals surface area contributed by atoms with Gasteiger partial charge in [-0.15, -0.1) is 0 Å². The zero-order valence-corrected chi connectivity index (χ0v) is 11.9. The smallest absolute Gasteiger partial charge is 0.0419 e. The Kier molecular flexibility index (Phi) is 5.27. The molecular weight excluding hydrogens is 238 g/mol. The summed E-state index contributed by atoms with van der Waals surface area (Å²) in [5, 5.41) is 0. The van der Waals surface area contributed by atoms with E-state index in [-0.39, 0.29) is 6.04 Å². The molecule has 0 radical (unpaired) electrons. The van der Waals surface area contributed by atoms with Crippen molar-refractivity contribution >= 4 is 0 Å². The van der Waals surface area contributed by atoms with E-state index in [4.69, 9.17) is 5.84 Å². The number of likely N-dealkylation sites (N-methyl/N-ethyl adjacent to an activating group) is 2. The first-order chi connectivity index (χ1) is 9.20. The van der Waals surface area contributed by atoms with Crippen LogP contribution in [0.3, 0.4) is 0 Å². The predicted molar refractivity (Wildman–Crippen MR) is 77.6 cm³/mol. The van der Waals surface area contributed by atoms with Gasteiger partial charge in [0.05, 0.1) is 0 Å². The Balaban J connectivity index is 2.06. The van der Waals surface area contributed by atoms with E-state index in [9.17, 15) is 0 Å². The first kappa shape index (κ1) is 14.4. The number of nitrogens with two attached hydrogens (primary N) is 1. The molecule has 2 unspecified atom stereocenters. The molecule has 1 saturated heterocycles. The summed E-state index contributed by atoms with van der Waals surface area (Å²) in [5.74, 6) is 5.79. The van der Waals surface area contributed by atoms with E-state index in [1.54, 1.807) is 6.20 Å². The lowest BCUT2D eigenvalue weighted by Crippen LogP contribution is -2.55. The van der Waals surface area contributed by atoms with Crippen LogP contribution in [0.15, 0.2) is 24.5 Å². The highest BCUT2D eigenvalue weighted by atomic mass is 15.3. The number of nitrogens with zero attached hydrogens (tertiary/aromatic N) is 3. The molecule has 0 aliphatic carbocycles. The zero-order chi connectivity index (χ0) is 13.7. The van der Waals surface area contributed by atoms with Gasteiger partial charge in [-0.25, -0.2) is 0 Å². The van der Waals surface area contributed by atoms with Crippen LogP contribution in [-0.4, -0.2) is 60.6 Å². The molecule has 1 aliphatic heterocycles. The summed E-state index contributed by atoms with van der Waals surface area (Å²) in [6.45, 7) is 3.33. The fraction of sp³-hybridized carbons (Fsp3) is 0.643. The summed E-state index contributed by atoms with van der Waals surface area (Å²) in [6, 6.07) is 4.76. The van der Waals surface area contributed by atoms with Gasteiger partial charge in [0.15, 0.2) is 0 Å². The molecule has 3 N–H and O–H groups in total. The van der Waals surface area contributed by atoms with Crippen molar-refractivity contribution in [3.8, 4) is 0 Å². The highest BCUT2D eigenvalue weighted by molar-refractivity contribution is 5.11. The van der Waals surface area contributed by atoms with Gasteiger partial charge in [-0.2, -0.15) is 0 Å². The van der Waals surface area contributed by atoms with E-state index in [0.717, 1.165) is 26.1 Å². The Morgan fingerprint density at radius 1 is 1.47 bits per heavy atom. The van der Waals surface area contributed by atoms with E-state index in [2.05, 4.69) is 40.4 Å². The Morgan fingerprint density at radius 3 is 3.00 bits per heavy atom. The van der Waals surface area contributed by atoms with E-state index in [1.807, 2.05) is 12.3 Å². The fourth-order valence-corrected chi connectivity index (χ4v) is 2.82. The summed E-state index contributed by atoms with van der Waals surface area (Å²) < 4.78 is 0. The first-order valence-corrected chi connectivity index (χ1v) is 6.94. The molecule has 2 atom stereocenters. The molecule has 0 amide bonds. The maximum absolute atomic E-state index is 5.79. The number of hydrogen-bond donors (Lipinski definition) is 2. The molecule has 0 spiro atoms. The maximum Gasteiger partial charge on any atom is 0.0419 e. The van der Waals surface area contributed by atoms with E-state index >= 15 is 0 Å². The molecule has 1 aliphatic rings. The Labute approximate surface area is 115 Å². The molecule has 1 aromatic rings. The summed E-state index contributed by atoms with van der Waals surface area (Å²) in [4.78, 5) is 8.99. The SMILES string of the molecule is CN1CCCN(C)C(C(Cc2cccnc2)NN)C1. The molecule has 0 bridgehead atoms. The second-order valence-corrected chi connectivity index (χ2v) is 5.50. The van der Waals surface area contributed by atoms with Crippen molar-refractivity contribution < 1.29 is 0 Å². The average Bonchev–Trinajstić information content (AvgIpc) is 2.59. The molecule has 1 aromatic heterocycles. The third-order valence-electron chi connectivity index (χ3n) is 3.97. The number of pyridine rings is 1. The molecular formula is C14H25N5. The van der Waals surface area contributed by atoms with Crippen LogP contribution in [0.2, 0.25) is 0 Å². The first-order valence-electron chi connectivity index (χ1n) is 6.94. The molecule has 106 valence electrons. The van der Waals surface area contributed by atoms with Crippen molar-refractivity contribution in [2.75, 3.05) is 33.7 Å². The molecule has 19 heavy (non-hydrogen) atoms. The molecule has 5 heteroatoms. The van der Waals surface area contributed by atoms with Gasteiger partial charge in [0, 0.05) is 31.0 Å². The van der Waals surface area contributed by atoms with Crippen molar-refractivity contribution in [2.24, 2.45) is 5.84 Å². The Morgan fingerprint density at radius 2 is 2.32 bits per heavy atom. The van der Waals surface area contributed by atoms with Crippen LogP contribution in [0.25, 0.3) is 0 Å². The topological polar surface area (TPSA) is 57.4 Å². The van der Waals surface area contributed by atoms with Crippen LogP contribution in [0.4, 0.5) is 0 Å². The number of aromatic nitrogens is 1. The molecule has 2 rings (SSSR count). The lowest BCUT2D eigenvalue weighted by molar-refractivity contribution is 0.177. The minimum atomic E-state index is 0.245. The Hall–Kier alpha value is -1.01. The van der Waals surface area contributed by atoms with Crippen LogP contribution in [-0.2, 0) is 6.42 Å². The largest absolute Gasteiger partial charge is 0.305 e. The lowest BCUT2D eigenvalue weighted by atomic mass is 9.99. The van der Waals surface area contributed by atoms with Crippen LogP contribution in [0, 0.1) is 0 Å². The number of hydrazine groups is 1. The summed E-state index contributed by atoms with van der Waals surface area (Å²) in [5.41, 5.74) is 4.23. The highest BCUT2D eigenvalue weighted by Gasteiger charge is 2.27. The number of hydrogen-bond acceptors (Lipinski definition) is 5. The number of rotatable bonds is 4. The summed E-state index contributed by atoms with van der Waals surface area (Å²) in [6.07, 6.45) is 5.85. The summed E-state index contributed by atoms with van der Waals surface area (Å²) >= 11 is 0. The second-order valence-electron chi connectivity index (χ2n) is 5.50. The van der Waals surface area contributed by atoms with E-state index < -0.39 is 0 Å². The van der Waals surface area contributed by atoms with Crippen LogP contribution in [0.5, 0.6) is 0 Å². The monoisotopic (exact) mass is 263 g/mol. The van der Waals surface area contributed by atoms with Crippen molar-refractivity contribution in [3.05, 3.63) is 30.1 Å². The molecule has 0 aromatic carbocycles. The van der Waals surface area contributed by atoms with Crippen LogP contribution < -0.4 is 11.3 Å². The predicted octanol–water partition coefficient (Wildman–Crippen LogP) is 0.0919. The third kappa shape index (κ3) is 3.98. The highest BCUT2D eigenvalue weighted by Crippen LogP contribution is 2.13. The van der Waals surface area contributed by atoms with Gasteiger partial charge in [0.25, 0.3) is 0 Å². The van der Waals surface area contributed by atoms with Gasteiger partial charge in [-0.1, -0.05) is 6.07 Å². The van der Waals surface area contributed by atoms with Gasteiger partial charge in [0.1, 0.15) is 0 Å². The summed E-state index contributed by atoms with van der Waals surface area (Å²) in [7, 11) is 4.38. The molecule has 5 nitrogen and oxygen atoms in total. The van der Waals surface area contributed by atoms with Gasteiger partial charge in [-0.3, -0.25) is 16.3 Å². The lowest BCUT2D eigenvalue weighted by Gasteiger charge is -2.34. The van der Waals surface area contributed by atoms with Crippen LogP contribution in [0.1, 0.15) is 12.0 Å². The minimum Gasteiger partial charge on any atom is -0.305 e. The quantitative estimate of drug-likeness (QED) is 0.596. The Bertz CT molecular complexity index is 369. The zero-order valence-electron chi connectivity index (χ0n) is 11.9. The van der Waals surface area contributed by atoms with Gasteiger partial charge in [-0.05, 0) is 51.7 Å². The third-order valence-corrected chi connectivity index (χ3v) is 3.97. The standard InChI is InChI=1S/C14H25N5/c1-18-7-4-8-19(2)14(11-18)13(17-15)9-12-5-3-6-16-10-12/h3,5-6,10,13-14,17H,4,7-9,11,15H2,1-2H3. The van der Waals surface area contributed by atoms with E-state index in [0.29, 0.717) is 6.04 Å². The van der Waals surface area contributed by atoms with Crippen molar-refractivity contribution in [1.29, 1.82) is 0 Å². The van der Waals surface area contributed by atoms with E-state index in [1.165, 1.54) is 12.0 Å². The average molecular weight is 263 g/mol. The molecule has 0 saturated carbocycles. The van der Waals surface area contributed by atoms with Crippen molar-refractivity contribution in [1.82, 2.24) is 20.2 Å². The molecule has 1 fully saturated rings. The van der Waals surface area contributed by atoms with Crippen LogP contribution >= 0.6 is 0 Å². The van der Waals surface area contributed by atoms with Crippen molar-refractivity contribution in [2.45, 2.75) is 24.9 Å². The second kappa shape index (κ2) is 6.96. The normalized spacial score (nSPS) is 24.1.